The number of morpholine rings is 1. The van der Waals surface area contributed by atoms with Gasteiger partial charge in [-0.1, -0.05) is 12.1 Å². The highest BCUT2D eigenvalue weighted by molar-refractivity contribution is 5.88. The number of hydrogen-bond acceptors (Lipinski definition) is 6. The van der Waals surface area contributed by atoms with Gasteiger partial charge in [0.2, 0.25) is 5.91 Å². The molecule has 1 atom stereocenters. The first-order valence-electron chi connectivity index (χ1n) is 6.96. The summed E-state index contributed by atoms with van der Waals surface area (Å²) in [5.41, 5.74) is 0.777. The molecule has 1 aromatic heterocycles. The van der Waals surface area contributed by atoms with Crippen LogP contribution in [0, 0.1) is 0 Å². The van der Waals surface area contributed by atoms with Crippen LogP contribution in [0.3, 0.4) is 0 Å². The Labute approximate surface area is 123 Å². The lowest BCUT2D eigenvalue weighted by atomic mass is 10.2. The fourth-order valence-electron chi connectivity index (χ4n) is 2.34. The second-order valence-corrected chi connectivity index (χ2v) is 4.91. The molecule has 1 saturated heterocycles. The molecule has 2 rings (SSSR count). The molecular weight excluding hydrogens is 276 g/mol. The zero-order chi connectivity index (χ0) is 15.4. The van der Waals surface area contributed by atoms with Crippen molar-refractivity contribution in [3.63, 3.8) is 0 Å². The summed E-state index contributed by atoms with van der Waals surface area (Å²) in [5, 5.41) is 7.71. The van der Waals surface area contributed by atoms with E-state index in [-0.39, 0.29) is 24.2 Å². The van der Waals surface area contributed by atoms with Crippen molar-refractivity contribution in [3.05, 3.63) is 11.4 Å². The number of carbonyl (C=O) groups is 2. The Hall–Kier alpha value is -1.96. The van der Waals surface area contributed by atoms with Crippen molar-refractivity contribution >= 4 is 11.9 Å². The number of nitrogens with zero attached hydrogens (tertiary/aromatic N) is 4. The van der Waals surface area contributed by atoms with Crippen LogP contribution in [0.1, 0.15) is 30.0 Å². The van der Waals surface area contributed by atoms with Gasteiger partial charge in [0, 0.05) is 13.1 Å². The molecule has 2 heterocycles. The molecule has 0 N–H and O–H groups in total. The highest BCUT2D eigenvalue weighted by atomic mass is 16.5. The quantitative estimate of drug-likeness (QED) is 0.720. The number of aromatic nitrogens is 3. The van der Waals surface area contributed by atoms with Gasteiger partial charge >= 0.3 is 5.97 Å². The second kappa shape index (κ2) is 6.66. The van der Waals surface area contributed by atoms with Crippen molar-refractivity contribution < 1.29 is 19.1 Å². The molecule has 0 saturated carbocycles. The zero-order valence-corrected chi connectivity index (χ0v) is 12.5. The monoisotopic (exact) mass is 296 g/mol. The van der Waals surface area contributed by atoms with Crippen LogP contribution >= 0.6 is 0 Å². The summed E-state index contributed by atoms with van der Waals surface area (Å²) >= 11 is 0. The maximum absolute atomic E-state index is 12.3. The van der Waals surface area contributed by atoms with Crippen LogP contribution in [-0.2, 0) is 27.2 Å². The molecule has 0 radical (unpaired) electrons. The molecule has 8 nitrogen and oxygen atoms in total. The summed E-state index contributed by atoms with van der Waals surface area (Å²) in [6, 6.07) is 0. The van der Waals surface area contributed by atoms with Crippen molar-refractivity contribution in [2.45, 2.75) is 32.9 Å². The summed E-state index contributed by atoms with van der Waals surface area (Å²) in [7, 11) is 1.29. The van der Waals surface area contributed by atoms with E-state index in [1.807, 2.05) is 13.8 Å². The second-order valence-electron chi connectivity index (χ2n) is 4.91. The van der Waals surface area contributed by atoms with Crippen molar-refractivity contribution in [1.82, 2.24) is 19.9 Å². The molecule has 1 fully saturated rings. The normalized spacial score (nSPS) is 18.6. The largest absolute Gasteiger partial charge is 0.464 e. The van der Waals surface area contributed by atoms with Crippen LogP contribution in [0.4, 0.5) is 0 Å². The van der Waals surface area contributed by atoms with E-state index in [0.717, 1.165) is 0 Å². The van der Waals surface area contributed by atoms with Crippen molar-refractivity contribution in [3.8, 4) is 0 Å². The first-order valence-corrected chi connectivity index (χ1v) is 6.96. The summed E-state index contributed by atoms with van der Waals surface area (Å²) in [5.74, 6) is -0.591. The average Bonchev–Trinajstić information content (AvgIpc) is 2.89. The Balaban J connectivity index is 2.10. The lowest BCUT2D eigenvalue weighted by Crippen LogP contribution is -2.46. The molecule has 8 heteroatoms. The Morgan fingerprint density at radius 3 is 2.86 bits per heavy atom. The van der Waals surface area contributed by atoms with E-state index in [1.165, 1.54) is 11.8 Å². The number of methoxy groups -OCH3 is 1. The van der Waals surface area contributed by atoms with Gasteiger partial charge in [-0.05, 0) is 13.3 Å². The fourth-order valence-corrected chi connectivity index (χ4v) is 2.34. The van der Waals surface area contributed by atoms with Gasteiger partial charge in [0.25, 0.3) is 0 Å². The molecule has 0 aliphatic carbocycles. The van der Waals surface area contributed by atoms with Gasteiger partial charge in [-0.2, -0.15) is 0 Å². The number of amides is 1. The van der Waals surface area contributed by atoms with Gasteiger partial charge in [-0.3, -0.25) is 4.79 Å². The van der Waals surface area contributed by atoms with E-state index in [4.69, 9.17) is 4.74 Å². The molecule has 1 amide bonds. The van der Waals surface area contributed by atoms with Gasteiger partial charge in [-0.15, -0.1) is 5.10 Å². The van der Waals surface area contributed by atoms with Gasteiger partial charge in [0.15, 0.2) is 5.69 Å². The minimum Gasteiger partial charge on any atom is -0.464 e. The first kappa shape index (κ1) is 15.4. The minimum absolute atomic E-state index is 0.0368. The van der Waals surface area contributed by atoms with E-state index in [0.29, 0.717) is 31.8 Å². The van der Waals surface area contributed by atoms with Gasteiger partial charge in [0.1, 0.15) is 6.54 Å². The zero-order valence-electron chi connectivity index (χ0n) is 12.5. The smallest absolute Gasteiger partial charge is 0.360 e. The topological polar surface area (TPSA) is 86.5 Å². The first-order chi connectivity index (χ1) is 10.1. The molecule has 0 aromatic carbocycles. The van der Waals surface area contributed by atoms with Crippen LogP contribution in [0.15, 0.2) is 0 Å². The summed E-state index contributed by atoms with van der Waals surface area (Å²) in [6.45, 7) is 5.56. The summed E-state index contributed by atoms with van der Waals surface area (Å²) in [4.78, 5) is 25.6. The maximum Gasteiger partial charge on any atom is 0.360 e. The number of ether oxygens (including phenoxy) is 2. The highest BCUT2D eigenvalue weighted by Crippen LogP contribution is 2.10. The van der Waals surface area contributed by atoms with E-state index >= 15 is 0 Å². The third kappa shape index (κ3) is 3.38. The minimum atomic E-state index is -0.537. The molecule has 1 aliphatic rings. The lowest BCUT2D eigenvalue weighted by Gasteiger charge is -2.31. The SMILES string of the molecule is CCc1c(C(=O)OC)nnn1CC(=O)N1CCOC(C)C1. The van der Waals surface area contributed by atoms with Crippen molar-refractivity contribution in [1.29, 1.82) is 0 Å². The van der Waals surface area contributed by atoms with Crippen LogP contribution in [0.2, 0.25) is 0 Å². The van der Waals surface area contributed by atoms with Gasteiger partial charge in [0.05, 0.1) is 25.5 Å². The average molecular weight is 296 g/mol. The Kier molecular flexibility index (Phi) is 4.89. The highest BCUT2D eigenvalue weighted by Gasteiger charge is 2.24. The van der Waals surface area contributed by atoms with Crippen LogP contribution in [-0.4, -0.2) is 64.7 Å². The molecule has 1 unspecified atom stereocenters. The predicted octanol–water partition coefficient (Wildman–Crippen LogP) is -0.126. The van der Waals surface area contributed by atoms with E-state index < -0.39 is 5.97 Å². The van der Waals surface area contributed by atoms with Gasteiger partial charge < -0.3 is 14.4 Å². The number of hydrogen-bond donors (Lipinski definition) is 0. The molecule has 0 bridgehead atoms. The van der Waals surface area contributed by atoms with Crippen molar-refractivity contribution in [2.75, 3.05) is 26.8 Å². The van der Waals surface area contributed by atoms with E-state index in [2.05, 4.69) is 15.0 Å². The van der Waals surface area contributed by atoms with Crippen molar-refractivity contribution in [2.24, 2.45) is 0 Å². The van der Waals surface area contributed by atoms with Crippen LogP contribution in [0.25, 0.3) is 0 Å². The van der Waals surface area contributed by atoms with Crippen LogP contribution < -0.4 is 0 Å². The number of rotatable bonds is 4. The third-order valence-corrected chi connectivity index (χ3v) is 3.43. The Bertz CT molecular complexity index is 528. The number of esters is 1. The molecule has 1 aromatic rings. The fraction of sp³-hybridized carbons (Fsp3) is 0.692. The summed E-state index contributed by atoms with van der Waals surface area (Å²) in [6.07, 6.45) is 0.583. The van der Waals surface area contributed by atoms with Crippen LogP contribution in [0.5, 0.6) is 0 Å². The molecule has 0 spiro atoms. The third-order valence-electron chi connectivity index (χ3n) is 3.43. The van der Waals surface area contributed by atoms with E-state index in [1.54, 1.807) is 4.90 Å². The summed E-state index contributed by atoms with van der Waals surface area (Å²) < 4.78 is 11.5. The lowest BCUT2D eigenvalue weighted by molar-refractivity contribution is -0.139. The molecule has 21 heavy (non-hydrogen) atoms. The molecule has 116 valence electrons. The maximum atomic E-state index is 12.3. The number of carbonyl (C=O) groups excluding carboxylic acids is 2. The predicted molar refractivity (Wildman–Crippen MR) is 72.7 cm³/mol. The standard InChI is InChI=1S/C13H20N4O4/c1-4-10-12(13(19)20-3)14-15-17(10)8-11(18)16-5-6-21-9(2)7-16/h9H,4-8H2,1-3H3. The Morgan fingerprint density at radius 1 is 1.48 bits per heavy atom. The molecular formula is C13H20N4O4. The van der Waals surface area contributed by atoms with E-state index in [9.17, 15) is 9.59 Å². The Morgan fingerprint density at radius 2 is 2.24 bits per heavy atom. The molecule has 1 aliphatic heterocycles. The van der Waals surface area contributed by atoms with Gasteiger partial charge in [-0.25, -0.2) is 9.48 Å².